The first-order valence-electron chi connectivity index (χ1n) is 9.00. The molecule has 0 radical (unpaired) electrons. The highest BCUT2D eigenvalue weighted by molar-refractivity contribution is 7.88. The number of sulfonamides is 1. The standard InChI is InChI=1S/C21H28N2O3S/c1-6-19(18-13-12-15(2)16(3)14-18)22-21(24)20(23(4)27(5,25)26)17-10-8-7-9-11-17/h7-14,19-20H,6H2,1-5H3,(H,22,24)/t19-,20-/m0/s1. The maximum absolute atomic E-state index is 13.1. The summed E-state index contributed by atoms with van der Waals surface area (Å²) in [6, 6.07) is 14.0. The van der Waals surface area contributed by atoms with E-state index in [1.807, 2.05) is 39.0 Å². The van der Waals surface area contributed by atoms with Gasteiger partial charge in [0.25, 0.3) is 0 Å². The molecule has 0 fully saturated rings. The molecule has 0 spiro atoms. The molecule has 0 aliphatic carbocycles. The number of likely N-dealkylation sites (N-methyl/N-ethyl adjacent to an activating group) is 1. The highest BCUT2D eigenvalue weighted by Crippen LogP contribution is 2.25. The summed E-state index contributed by atoms with van der Waals surface area (Å²) in [5.74, 6) is -0.334. The Morgan fingerprint density at radius 1 is 1.04 bits per heavy atom. The highest BCUT2D eigenvalue weighted by Gasteiger charge is 2.31. The number of hydrogen-bond acceptors (Lipinski definition) is 3. The number of nitrogens with one attached hydrogen (secondary N) is 1. The van der Waals surface area contributed by atoms with Gasteiger partial charge in [-0.2, -0.15) is 4.31 Å². The third-order valence-electron chi connectivity index (χ3n) is 4.91. The summed E-state index contributed by atoms with van der Waals surface area (Å²) in [6.45, 7) is 6.08. The summed E-state index contributed by atoms with van der Waals surface area (Å²) in [5, 5.41) is 3.04. The Kier molecular flexibility index (Phi) is 6.78. The average Bonchev–Trinajstić information content (AvgIpc) is 2.62. The van der Waals surface area contributed by atoms with Crippen molar-refractivity contribution in [2.24, 2.45) is 0 Å². The van der Waals surface area contributed by atoms with Gasteiger partial charge in [-0.25, -0.2) is 8.42 Å². The van der Waals surface area contributed by atoms with Gasteiger partial charge in [0.15, 0.2) is 0 Å². The number of nitrogens with zero attached hydrogens (tertiary/aromatic N) is 1. The van der Waals surface area contributed by atoms with E-state index in [1.54, 1.807) is 24.3 Å². The van der Waals surface area contributed by atoms with Crippen LogP contribution in [0.5, 0.6) is 0 Å². The molecular weight excluding hydrogens is 360 g/mol. The fourth-order valence-corrected chi connectivity index (χ4v) is 3.61. The molecule has 2 atom stereocenters. The van der Waals surface area contributed by atoms with Crippen molar-refractivity contribution < 1.29 is 13.2 Å². The van der Waals surface area contributed by atoms with Crippen LogP contribution in [-0.4, -0.2) is 31.9 Å². The van der Waals surface area contributed by atoms with Gasteiger partial charge in [-0.15, -0.1) is 0 Å². The Labute approximate surface area is 162 Å². The van der Waals surface area contributed by atoms with Gasteiger partial charge in [0.05, 0.1) is 12.3 Å². The zero-order chi connectivity index (χ0) is 20.2. The van der Waals surface area contributed by atoms with Crippen molar-refractivity contribution >= 4 is 15.9 Å². The molecule has 2 aromatic carbocycles. The second kappa shape index (κ2) is 8.67. The number of benzene rings is 2. The van der Waals surface area contributed by atoms with Crippen molar-refractivity contribution in [2.75, 3.05) is 13.3 Å². The largest absolute Gasteiger partial charge is 0.348 e. The summed E-state index contributed by atoms with van der Waals surface area (Å²) in [6.07, 6.45) is 1.81. The Morgan fingerprint density at radius 2 is 1.67 bits per heavy atom. The monoisotopic (exact) mass is 388 g/mol. The van der Waals surface area contributed by atoms with E-state index in [1.165, 1.54) is 12.6 Å². The van der Waals surface area contributed by atoms with Crippen molar-refractivity contribution in [3.63, 3.8) is 0 Å². The molecule has 0 saturated heterocycles. The maximum Gasteiger partial charge on any atom is 0.243 e. The average molecular weight is 389 g/mol. The van der Waals surface area contributed by atoms with Crippen LogP contribution in [0.15, 0.2) is 48.5 Å². The minimum Gasteiger partial charge on any atom is -0.348 e. The van der Waals surface area contributed by atoms with E-state index in [2.05, 4.69) is 11.4 Å². The summed E-state index contributed by atoms with van der Waals surface area (Å²) < 4.78 is 25.3. The summed E-state index contributed by atoms with van der Waals surface area (Å²) in [7, 11) is -2.11. The third-order valence-corrected chi connectivity index (χ3v) is 6.17. The van der Waals surface area contributed by atoms with Gasteiger partial charge in [-0.1, -0.05) is 55.5 Å². The molecule has 0 aliphatic rings. The topological polar surface area (TPSA) is 66.5 Å². The van der Waals surface area contributed by atoms with Crippen LogP contribution in [0.1, 0.15) is 47.7 Å². The van der Waals surface area contributed by atoms with Crippen molar-refractivity contribution in [3.05, 3.63) is 70.8 Å². The van der Waals surface area contributed by atoms with E-state index >= 15 is 0 Å². The molecule has 27 heavy (non-hydrogen) atoms. The molecule has 0 unspecified atom stereocenters. The molecule has 1 amide bonds. The quantitative estimate of drug-likeness (QED) is 0.789. The number of carbonyl (C=O) groups is 1. The Bertz CT molecular complexity index is 895. The number of carbonyl (C=O) groups excluding carboxylic acids is 1. The predicted octanol–water partition coefficient (Wildman–Crippen LogP) is 3.50. The van der Waals surface area contributed by atoms with Gasteiger partial charge in [0.2, 0.25) is 15.9 Å². The molecule has 0 aromatic heterocycles. The molecule has 0 saturated carbocycles. The van der Waals surface area contributed by atoms with Gasteiger partial charge in [-0.3, -0.25) is 4.79 Å². The Morgan fingerprint density at radius 3 is 2.19 bits per heavy atom. The van der Waals surface area contributed by atoms with Crippen LogP contribution in [0.3, 0.4) is 0 Å². The van der Waals surface area contributed by atoms with Gasteiger partial charge in [0, 0.05) is 7.05 Å². The van der Waals surface area contributed by atoms with Crippen molar-refractivity contribution in [1.82, 2.24) is 9.62 Å². The fourth-order valence-electron chi connectivity index (χ4n) is 3.01. The van der Waals surface area contributed by atoms with Crippen molar-refractivity contribution in [2.45, 2.75) is 39.3 Å². The van der Waals surface area contributed by atoms with Crippen LogP contribution < -0.4 is 5.32 Å². The van der Waals surface area contributed by atoms with E-state index < -0.39 is 16.1 Å². The Hall–Kier alpha value is -2.18. The van der Waals surface area contributed by atoms with Crippen LogP contribution in [0.2, 0.25) is 0 Å². The SMILES string of the molecule is CC[C@H](NC(=O)[C@H](c1ccccc1)N(C)S(C)(=O)=O)c1ccc(C)c(C)c1. The van der Waals surface area contributed by atoms with Gasteiger partial charge >= 0.3 is 0 Å². The van der Waals surface area contributed by atoms with Crippen LogP contribution in [0.25, 0.3) is 0 Å². The lowest BCUT2D eigenvalue weighted by atomic mass is 9.98. The fraction of sp³-hybridized carbons (Fsp3) is 0.381. The molecule has 2 aromatic rings. The minimum atomic E-state index is -3.54. The second-order valence-corrected chi connectivity index (χ2v) is 8.95. The summed E-state index contributed by atoms with van der Waals surface area (Å²) >= 11 is 0. The first-order valence-corrected chi connectivity index (χ1v) is 10.9. The lowest BCUT2D eigenvalue weighted by Gasteiger charge is -2.28. The lowest BCUT2D eigenvalue weighted by Crippen LogP contribution is -2.42. The number of amides is 1. The number of rotatable bonds is 7. The van der Waals surface area contributed by atoms with Gasteiger partial charge in [0.1, 0.15) is 6.04 Å². The lowest BCUT2D eigenvalue weighted by molar-refractivity contribution is -0.125. The Balaban J connectivity index is 2.35. The summed E-state index contributed by atoms with van der Waals surface area (Å²) in [4.78, 5) is 13.1. The molecule has 2 rings (SSSR count). The number of hydrogen-bond donors (Lipinski definition) is 1. The molecule has 0 bridgehead atoms. The zero-order valence-corrected chi connectivity index (χ0v) is 17.4. The molecule has 5 nitrogen and oxygen atoms in total. The first-order chi connectivity index (χ1) is 12.6. The number of aryl methyl sites for hydroxylation is 2. The summed E-state index contributed by atoms with van der Waals surface area (Å²) in [5.41, 5.74) is 4.01. The van der Waals surface area contributed by atoms with E-state index in [-0.39, 0.29) is 11.9 Å². The van der Waals surface area contributed by atoms with Crippen LogP contribution >= 0.6 is 0 Å². The van der Waals surface area contributed by atoms with Crippen LogP contribution in [0, 0.1) is 13.8 Å². The van der Waals surface area contributed by atoms with E-state index in [9.17, 15) is 13.2 Å². The van der Waals surface area contributed by atoms with Crippen LogP contribution in [0.4, 0.5) is 0 Å². The van der Waals surface area contributed by atoms with E-state index in [0.717, 1.165) is 21.7 Å². The van der Waals surface area contributed by atoms with Gasteiger partial charge in [-0.05, 0) is 42.5 Å². The molecule has 0 heterocycles. The van der Waals surface area contributed by atoms with Gasteiger partial charge < -0.3 is 5.32 Å². The minimum absolute atomic E-state index is 0.184. The van der Waals surface area contributed by atoms with Crippen molar-refractivity contribution in [1.29, 1.82) is 0 Å². The van der Waals surface area contributed by atoms with Crippen LogP contribution in [-0.2, 0) is 14.8 Å². The molecule has 146 valence electrons. The molecule has 0 aliphatic heterocycles. The predicted molar refractivity (Wildman–Crippen MR) is 109 cm³/mol. The smallest absolute Gasteiger partial charge is 0.243 e. The highest BCUT2D eigenvalue weighted by atomic mass is 32.2. The van der Waals surface area contributed by atoms with Crippen molar-refractivity contribution in [3.8, 4) is 0 Å². The third kappa shape index (κ3) is 5.17. The molecule has 1 N–H and O–H groups in total. The second-order valence-electron chi connectivity index (χ2n) is 6.91. The molecule has 6 heteroatoms. The first kappa shape index (κ1) is 21.1. The maximum atomic E-state index is 13.1. The van der Waals surface area contributed by atoms with E-state index in [0.29, 0.717) is 12.0 Å². The zero-order valence-electron chi connectivity index (χ0n) is 16.6. The molecular formula is C21H28N2O3S. The normalized spacial score (nSPS) is 14.0. The van der Waals surface area contributed by atoms with E-state index in [4.69, 9.17) is 0 Å².